The van der Waals surface area contributed by atoms with Gasteiger partial charge < -0.3 is 10.1 Å². The Bertz CT molecular complexity index is 964. The molecule has 0 bridgehead atoms. The van der Waals surface area contributed by atoms with E-state index in [1.54, 1.807) is 24.3 Å². The van der Waals surface area contributed by atoms with Crippen molar-refractivity contribution in [2.24, 2.45) is 0 Å². The largest absolute Gasteiger partial charge is 0.423 e. The third-order valence-corrected chi connectivity index (χ3v) is 6.30. The van der Waals surface area contributed by atoms with Crippen LogP contribution in [0, 0.1) is 0 Å². The number of amides is 1. The molecule has 1 fully saturated rings. The summed E-state index contributed by atoms with van der Waals surface area (Å²) in [5.74, 6) is -0.553. The summed E-state index contributed by atoms with van der Waals surface area (Å²) in [6, 6.07) is 12.2. The van der Waals surface area contributed by atoms with Crippen molar-refractivity contribution < 1.29 is 22.7 Å². The van der Waals surface area contributed by atoms with Crippen LogP contribution in [0.4, 0.5) is 5.69 Å². The first-order valence-electron chi connectivity index (χ1n) is 9.06. The molecule has 1 heterocycles. The summed E-state index contributed by atoms with van der Waals surface area (Å²) in [5.41, 5.74) is 0.742. The van der Waals surface area contributed by atoms with Crippen LogP contribution in [0.5, 0.6) is 5.75 Å². The molecule has 8 heteroatoms. The number of carbonyl (C=O) groups is 2. The molecule has 3 rings (SSSR count). The maximum atomic E-state index is 12.8. The molecule has 0 unspecified atom stereocenters. The predicted octanol–water partition coefficient (Wildman–Crippen LogP) is 3.04. The van der Waals surface area contributed by atoms with E-state index in [9.17, 15) is 18.0 Å². The lowest BCUT2D eigenvalue weighted by atomic mass is 10.2. The first kappa shape index (κ1) is 20.0. The van der Waals surface area contributed by atoms with Gasteiger partial charge in [0.15, 0.2) is 0 Å². The van der Waals surface area contributed by atoms with Gasteiger partial charge in [0.1, 0.15) is 5.75 Å². The number of hydrogen-bond acceptors (Lipinski definition) is 5. The van der Waals surface area contributed by atoms with Gasteiger partial charge in [0, 0.05) is 25.7 Å². The number of rotatable bonds is 5. The quantitative estimate of drug-likeness (QED) is 0.613. The number of carbonyl (C=O) groups excluding carboxylic acids is 2. The molecule has 0 radical (unpaired) electrons. The van der Waals surface area contributed by atoms with Crippen molar-refractivity contribution in [3.05, 3.63) is 54.1 Å². The fourth-order valence-corrected chi connectivity index (χ4v) is 4.58. The van der Waals surface area contributed by atoms with E-state index in [2.05, 4.69) is 5.32 Å². The molecule has 1 N–H and O–H groups in total. The summed E-state index contributed by atoms with van der Waals surface area (Å²) >= 11 is 0. The van der Waals surface area contributed by atoms with Crippen LogP contribution in [0.1, 0.15) is 36.5 Å². The Balaban J connectivity index is 1.74. The Morgan fingerprint density at radius 3 is 2.32 bits per heavy atom. The van der Waals surface area contributed by atoms with Crippen molar-refractivity contribution in [2.45, 2.75) is 31.1 Å². The van der Waals surface area contributed by atoms with Gasteiger partial charge in [0.2, 0.25) is 15.9 Å². The number of anilines is 1. The van der Waals surface area contributed by atoms with Crippen LogP contribution in [0.15, 0.2) is 53.4 Å². The Morgan fingerprint density at radius 2 is 1.68 bits per heavy atom. The SMILES string of the molecule is CC(=O)Nc1ccc(OC(=O)c2cccc(S(=O)(=O)N3CCCCC3)c2)cc1. The minimum absolute atomic E-state index is 0.0878. The van der Waals surface area contributed by atoms with Gasteiger partial charge >= 0.3 is 5.97 Å². The fraction of sp³-hybridized carbons (Fsp3) is 0.300. The van der Waals surface area contributed by atoms with Gasteiger partial charge in [-0.05, 0) is 55.3 Å². The number of hydrogen-bond donors (Lipinski definition) is 1. The molecular weight excluding hydrogens is 380 g/mol. The van der Waals surface area contributed by atoms with Gasteiger partial charge in [0.25, 0.3) is 0 Å². The minimum Gasteiger partial charge on any atom is -0.423 e. The molecule has 0 aliphatic carbocycles. The van der Waals surface area contributed by atoms with Crippen LogP contribution < -0.4 is 10.1 Å². The summed E-state index contributed by atoms with van der Waals surface area (Å²) in [4.78, 5) is 23.6. The topological polar surface area (TPSA) is 92.8 Å². The predicted molar refractivity (Wildman–Crippen MR) is 105 cm³/mol. The van der Waals surface area contributed by atoms with Crippen LogP contribution in [0.3, 0.4) is 0 Å². The molecule has 1 aliphatic rings. The number of sulfonamides is 1. The van der Waals surface area contributed by atoms with Gasteiger partial charge in [-0.2, -0.15) is 4.31 Å². The molecule has 0 aromatic heterocycles. The van der Waals surface area contributed by atoms with E-state index in [4.69, 9.17) is 4.74 Å². The van der Waals surface area contributed by atoms with Crippen molar-refractivity contribution in [3.63, 3.8) is 0 Å². The number of benzene rings is 2. The molecule has 2 aromatic carbocycles. The van der Waals surface area contributed by atoms with E-state index in [-0.39, 0.29) is 16.4 Å². The third kappa shape index (κ3) is 4.76. The van der Waals surface area contributed by atoms with Crippen LogP contribution in [0.25, 0.3) is 0 Å². The highest BCUT2D eigenvalue weighted by molar-refractivity contribution is 7.89. The molecule has 1 aliphatic heterocycles. The van der Waals surface area contributed by atoms with Crippen molar-refractivity contribution >= 4 is 27.6 Å². The molecule has 1 amide bonds. The average Bonchev–Trinajstić information content (AvgIpc) is 2.70. The Morgan fingerprint density at radius 1 is 1.00 bits per heavy atom. The third-order valence-electron chi connectivity index (χ3n) is 4.41. The summed E-state index contributed by atoms with van der Waals surface area (Å²) in [6.45, 7) is 2.40. The molecule has 28 heavy (non-hydrogen) atoms. The number of nitrogens with zero attached hydrogens (tertiary/aromatic N) is 1. The van der Waals surface area contributed by atoms with Crippen LogP contribution >= 0.6 is 0 Å². The van der Waals surface area contributed by atoms with E-state index in [0.717, 1.165) is 19.3 Å². The summed E-state index contributed by atoms with van der Waals surface area (Å²) < 4.78 is 32.3. The first-order valence-corrected chi connectivity index (χ1v) is 10.5. The zero-order valence-corrected chi connectivity index (χ0v) is 16.4. The Labute approximate surface area is 164 Å². The highest BCUT2D eigenvalue weighted by Crippen LogP contribution is 2.22. The van der Waals surface area contributed by atoms with Gasteiger partial charge in [0.05, 0.1) is 10.5 Å². The smallest absolute Gasteiger partial charge is 0.343 e. The summed E-state index contributed by atoms with van der Waals surface area (Å²) in [6.07, 6.45) is 2.71. The monoisotopic (exact) mass is 402 g/mol. The van der Waals surface area contributed by atoms with Crippen molar-refractivity contribution in [1.82, 2.24) is 4.31 Å². The van der Waals surface area contributed by atoms with Gasteiger partial charge in [-0.15, -0.1) is 0 Å². The normalized spacial score (nSPS) is 15.0. The molecular formula is C20H22N2O5S. The van der Waals surface area contributed by atoms with Gasteiger partial charge in [-0.3, -0.25) is 4.79 Å². The lowest BCUT2D eigenvalue weighted by molar-refractivity contribution is -0.114. The zero-order chi connectivity index (χ0) is 20.1. The molecule has 0 saturated carbocycles. The minimum atomic E-state index is -3.62. The second-order valence-corrected chi connectivity index (χ2v) is 8.53. The molecule has 1 saturated heterocycles. The average molecular weight is 402 g/mol. The number of nitrogens with one attached hydrogen (secondary N) is 1. The van der Waals surface area contributed by atoms with E-state index < -0.39 is 16.0 Å². The highest BCUT2D eigenvalue weighted by Gasteiger charge is 2.26. The summed E-state index contributed by atoms with van der Waals surface area (Å²) in [5, 5.41) is 2.62. The number of esters is 1. The number of ether oxygens (including phenoxy) is 1. The van der Waals surface area contributed by atoms with E-state index in [0.29, 0.717) is 24.5 Å². The van der Waals surface area contributed by atoms with E-state index in [1.807, 2.05) is 0 Å². The maximum absolute atomic E-state index is 12.8. The van der Waals surface area contributed by atoms with Crippen LogP contribution in [0.2, 0.25) is 0 Å². The zero-order valence-electron chi connectivity index (χ0n) is 15.6. The Hall–Kier alpha value is -2.71. The van der Waals surface area contributed by atoms with Crippen LogP contribution in [-0.2, 0) is 14.8 Å². The molecule has 148 valence electrons. The van der Waals surface area contributed by atoms with Gasteiger partial charge in [-0.1, -0.05) is 12.5 Å². The first-order chi connectivity index (χ1) is 13.4. The molecule has 7 nitrogen and oxygen atoms in total. The van der Waals surface area contributed by atoms with Crippen LogP contribution in [-0.4, -0.2) is 37.7 Å². The second-order valence-electron chi connectivity index (χ2n) is 6.59. The molecule has 2 aromatic rings. The Kier molecular flexibility index (Phi) is 6.11. The van der Waals surface area contributed by atoms with Crippen molar-refractivity contribution in [1.29, 1.82) is 0 Å². The fourth-order valence-electron chi connectivity index (χ4n) is 3.01. The van der Waals surface area contributed by atoms with Gasteiger partial charge in [-0.25, -0.2) is 13.2 Å². The second kappa shape index (κ2) is 8.53. The lowest BCUT2D eigenvalue weighted by Crippen LogP contribution is -2.35. The van der Waals surface area contributed by atoms with Crippen molar-refractivity contribution in [3.8, 4) is 5.75 Å². The standard InChI is InChI=1S/C20H22N2O5S/c1-15(23)21-17-8-10-18(11-9-17)27-20(24)16-6-5-7-19(14-16)28(25,26)22-12-3-2-4-13-22/h5-11,14H,2-4,12-13H2,1H3,(H,21,23). The maximum Gasteiger partial charge on any atom is 0.343 e. The summed E-state index contributed by atoms with van der Waals surface area (Å²) in [7, 11) is -3.62. The number of piperidine rings is 1. The molecule has 0 spiro atoms. The van der Waals surface area contributed by atoms with E-state index in [1.165, 1.54) is 35.5 Å². The lowest BCUT2D eigenvalue weighted by Gasteiger charge is -2.25. The van der Waals surface area contributed by atoms with E-state index >= 15 is 0 Å². The molecule has 0 atom stereocenters. The highest BCUT2D eigenvalue weighted by atomic mass is 32.2. The van der Waals surface area contributed by atoms with Crippen molar-refractivity contribution in [2.75, 3.05) is 18.4 Å².